The maximum Gasteiger partial charge on any atom is 0.260 e. The van der Waals surface area contributed by atoms with Gasteiger partial charge in [-0.2, -0.15) is 0 Å². The van der Waals surface area contributed by atoms with E-state index in [4.69, 9.17) is 4.74 Å². The minimum atomic E-state index is 0.0287. The summed E-state index contributed by atoms with van der Waals surface area (Å²) in [4.78, 5) is 13.7. The first-order valence-corrected chi connectivity index (χ1v) is 6.77. The zero-order valence-corrected chi connectivity index (χ0v) is 12.3. The van der Waals surface area contributed by atoms with E-state index >= 15 is 0 Å². The van der Waals surface area contributed by atoms with Crippen molar-refractivity contribution in [3.05, 3.63) is 29.3 Å². The van der Waals surface area contributed by atoms with Crippen molar-refractivity contribution in [1.82, 2.24) is 10.2 Å². The highest BCUT2D eigenvalue weighted by atomic mass is 16.5. The predicted octanol–water partition coefficient (Wildman–Crippen LogP) is 1.96. The van der Waals surface area contributed by atoms with Gasteiger partial charge >= 0.3 is 0 Å². The largest absolute Gasteiger partial charge is 0.483 e. The fraction of sp³-hybridized carbons (Fsp3) is 0.533. The quantitative estimate of drug-likeness (QED) is 0.818. The summed E-state index contributed by atoms with van der Waals surface area (Å²) in [5.74, 6) is 0.807. The van der Waals surface area contributed by atoms with Crippen molar-refractivity contribution in [2.75, 3.05) is 26.7 Å². The van der Waals surface area contributed by atoms with E-state index in [1.54, 1.807) is 4.90 Å². The van der Waals surface area contributed by atoms with Crippen LogP contribution >= 0.6 is 0 Å². The summed E-state index contributed by atoms with van der Waals surface area (Å²) in [7, 11) is 1.90. The van der Waals surface area contributed by atoms with Gasteiger partial charge in [-0.3, -0.25) is 4.79 Å². The van der Waals surface area contributed by atoms with Crippen LogP contribution in [0.15, 0.2) is 18.2 Å². The first kappa shape index (κ1) is 15.5. The van der Waals surface area contributed by atoms with Crippen molar-refractivity contribution in [2.45, 2.75) is 27.3 Å². The molecule has 0 spiro atoms. The average molecular weight is 264 g/mol. The van der Waals surface area contributed by atoms with Gasteiger partial charge < -0.3 is 15.0 Å². The first-order valence-electron chi connectivity index (χ1n) is 6.77. The molecule has 0 heterocycles. The molecule has 0 atom stereocenters. The smallest absolute Gasteiger partial charge is 0.260 e. The fourth-order valence-electron chi connectivity index (χ4n) is 1.98. The van der Waals surface area contributed by atoms with E-state index in [1.807, 2.05) is 40.0 Å². The number of ether oxygens (including phenoxy) is 1. The van der Waals surface area contributed by atoms with Crippen LogP contribution in [0.5, 0.6) is 5.75 Å². The lowest BCUT2D eigenvalue weighted by molar-refractivity contribution is -0.132. The Morgan fingerprint density at radius 3 is 2.58 bits per heavy atom. The molecule has 4 heteroatoms. The van der Waals surface area contributed by atoms with Crippen LogP contribution in [-0.4, -0.2) is 37.6 Å². The molecule has 1 amide bonds. The molecule has 1 aromatic rings. The molecule has 0 aromatic heterocycles. The fourth-order valence-corrected chi connectivity index (χ4v) is 1.98. The van der Waals surface area contributed by atoms with Crippen molar-refractivity contribution in [1.29, 1.82) is 0 Å². The number of likely N-dealkylation sites (N-methyl/N-ethyl adjacent to an activating group) is 1. The maximum atomic E-state index is 11.9. The zero-order chi connectivity index (χ0) is 14.3. The van der Waals surface area contributed by atoms with Crippen LogP contribution in [0.3, 0.4) is 0 Å². The lowest BCUT2D eigenvalue weighted by Gasteiger charge is -2.19. The molecule has 1 rings (SSSR count). The molecule has 0 bridgehead atoms. The number of benzene rings is 1. The van der Waals surface area contributed by atoms with Gasteiger partial charge in [-0.05, 0) is 33.9 Å². The van der Waals surface area contributed by atoms with Crippen molar-refractivity contribution in [3.8, 4) is 5.75 Å². The summed E-state index contributed by atoms with van der Waals surface area (Å²) in [6.45, 7) is 8.26. The first-order chi connectivity index (χ1) is 9.12. The van der Waals surface area contributed by atoms with Crippen LogP contribution in [0.1, 0.15) is 25.0 Å². The summed E-state index contributed by atoms with van der Waals surface area (Å²) in [6, 6.07) is 6.00. The van der Waals surface area contributed by atoms with Gasteiger partial charge in [-0.15, -0.1) is 0 Å². The Hall–Kier alpha value is -1.55. The van der Waals surface area contributed by atoms with E-state index in [-0.39, 0.29) is 12.5 Å². The van der Waals surface area contributed by atoms with Crippen LogP contribution < -0.4 is 10.1 Å². The van der Waals surface area contributed by atoms with Crippen LogP contribution in [0.25, 0.3) is 0 Å². The molecule has 0 aliphatic carbocycles. The summed E-state index contributed by atoms with van der Waals surface area (Å²) in [6.07, 6.45) is 0. The Morgan fingerprint density at radius 1 is 1.32 bits per heavy atom. The van der Waals surface area contributed by atoms with Crippen LogP contribution in [0.2, 0.25) is 0 Å². The zero-order valence-electron chi connectivity index (χ0n) is 12.3. The maximum absolute atomic E-state index is 11.9. The van der Waals surface area contributed by atoms with Gasteiger partial charge in [0.05, 0.1) is 0 Å². The van der Waals surface area contributed by atoms with Crippen molar-refractivity contribution in [3.63, 3.8) is 0 Å². The number of carbonyl (C=O) groups excluding carboxylic acids is 1. The van der Waals surface area contributed by atoms with Gasteiger partial charge in [-0.25, -0.2) is 0 Å². The van der Waals surface area contributed by atoms with E-state index in [0.29, 0.717) is 0 Å². The average Bonchev–Trinajstić information content (AvgIpc) is 2.39. The lowest BCUT2D eigenvalue weighted by Crippen LogP contribution is -2.34. The number of rotatable bonds is 7. The van der Waals surface area contributed by atoms with Crippen LogP contribution in [-0.2, 0) is 11.3 Å². The molecule has 0 unspecified atom stereocenters. The number of aryl methyl sites for hydroxylation is 1. The number of nitrogens with zero attached hydrogens (tertiary/aromatic N) is 1. The van der Waals surface area contributed by atoms with E-state index in [0.717, 1.165) is 30.9 Å². The minimum Gasteiger partial charge on any atom is -0.483 e. The molecule has 19 heavy (non-hydrogen) atoms. The molecule has 0 saturated heterocycles. The SMILES string of the molecule is CCN(CC)C(=O)COc1ccc(C)cc1CNC. The third-order valence-corrected chi connectivity index (χ3v) is 3.05. The molecule has 0 saturated carbocycles. The van der Waals surface area contributed by atoms with Gasteiger partial charge in [-0.1, -0.05) is 17.7 Å². The molecule has 0 aliphatic rings. The molecule has 0 fully saturated rings. The molecule has 106 valence electrons. The molecule has 1 N–H and O–H groups in total. The minimum absolute atomic E-state index is 0.0287. The third kappa shape index (κ3) is 4.56. The highest BCUT2D eigenvalue weighted by molar-refractivity contribution is 5.77. The van der Waals surface area contributed by atoms with Gasteiger partial charge in [0.1, 0.15) is 5.75 Å². The predicted molar refractivity (Wildman–Crippen MR) is 77.4 cm³/mol. The Morgan fingerprint density at radius 2 is 2.00 bits per heavy atom. The van der Waals surface area contributed by atoms with E-state index in [1.165, 1.54) is 5.56 Å². The highest BCUT2D eigenvalue weighted by Gasteiger charge is 2.11. The summed E-state index contributed by atoms with van der Waals surface area (Å²) < 4.78 is 5.66. The second-order valence-electron chi connectivity index (χ2n) is 4.50. The third-order valence-electron chi connectivity index (χ3n) is 3.05. The Labute approximate surface area is 115 Å². The molecule has 0 aliphatic heterocycles. The topological polar surface area (TPSA) is 41.6 Å². The highest BCUT2D eigenvalue weighted by Crippen LogP contribution is 2.20. The van der Waals surface area contributed by atoms with E-state index in [2.05, 4.69) is 11.4 Å². The molecule has 0 radical (unpaired) electrons. The standard InChI is InChI=1S/C15H24N2O2/c1-5-17(6-2)15(18)11-19-14-8-7-12(3)9-13(14)10-16-4/h7-9,16H,5-6,10-11H2,1-4H3. The number of amides is 1. The van der Waals surface area contributed by atoms with Crippen LogP contribution in [0, 0.1) is 6.92 Å². The van der Waals surface area contributed by atoms with Gasteiger partial charge in [0.2, 0.25) is 0 Å². The lowest BCUT2D eigenvalue weighted by atomic mass is 10.1. The molecule has 4 nitrogen and oxygen atoms in total. The Kier molecular flexibility index (Phi) is 6.36. The number of nitrogens with one attached hydrogen (secondary N) is 1. The second kappa shape index (κ2) is 7.79. The van der Waals surface area contributed by atoms with Gasteiger partial charge in [0, 0.05) is 25.2 Å². The number of hydrogen-bond acceptors (Lipinski definition) is 3. The van der Waals surface area contributed by atoms with Crippen molar-refractivity contribution >= 4 is 5.91 Å². The monoisotopic (exact) mass is 264 g/mol. The summed E-state index contributed by atoms with van der Waals surface area (Å²) in [5.41, 5.74) is 2.27. The van der Waals surface area contributed by atoms with Crippen molar-refractivity contribution < 1.29 is 9.53 Å². The second-order valence-corrected chi connectivity index (χ2v) is 4.50. The molecular formula is C15H24N2O2. The van der Waals surface area contributed by atoms with Gasteiger partial charge in [0.15, 0.2) is 6.61 Å². The molecular weight excluding hydrogens is 240 g/mol. The Bertz CT molecular complexity index is 415. The molecule has 1 aromatic carbocycles. The van der Waals surface area contributed by atoms with Crippen LogP contribution in [0.4, 0.5) is 0 Å². The summed E-state index contributed by atoms with van der Waals surface area (Å²) in [5, 5.41) is 3.11. The summed E-state index contributed by atoms with van der Waals surface area (Å²) >= 11 is 0. The number of hydrogen-bond donors (Lipinski definition) is 1. The van der Waals surface area contributed by atoms with Crippen molar-refractivity contribution in [2.24, 2.45) is 0 Å². The normalized spacial score (nSPS) is 10.3. The Balaban J connectivity index is 2.69. The number of carbonyl (C=O) groups is 1. The van der Waals surface area contributed by atoms with Gasteiger partial charge in [0.25, 0.3) is 5.91 Å². The van der Waals surface area contributed by atoms with E-state index < -0.39 is 0 Å². The van der Waals surface area contributed by atoms with E-state index in [9.17, 15) is 4.79 Å².